The molecule has 16 heavy (non-hydrogen) atoms. The topological polar surface area (TPSA) is 86.5 Å². The smallest absolute Gasteiger partial charge is 0.141 e. The SMILES string of the molecule is Cc1c(C#N)c(N)nc2c1C=C(C#N)C2C. The average molecular weight is 210 g/mol. The van der Waals surface area contributed by atoms with E-state index in [9.17, 15) is 0 Å². The second-order valence-corrected chi connectivity index (χ2v) is 3.84. The van der Waals surface area contributed by atoms with E-state index in [1.54, 1.807) is 6.08 Å². The summed E-state index contributed by atoms with van der Waals surface area (Å²) in [7, 11) is 0. The predicted molar refractivity (Wildman–Crippen MR) is 60.1 cm³/mol. The first-order chi connectivity index (χ1) is 7.60. The van der Waals surface area contributed by atoms with E-state index in [1.165, 1.54) is 0 Å². The molecule has 1 atom stereocenters. The summed E-state index contributed by atoms with van der Waals surface area (Å²) < 4.78 is 0. The predicted octanol–water partition coefficient (Wildman–Crippen LogP) is 1.87. The average Bonchev–Trinajstić information content (AvgIpc) is 2.57. The number of anilines is 1. The van der Waals surface area contributed by atoms with Crippen molar-refractivity contribution in [2.24, 2.45) is 0 Å². The number of hydrogen-bond donors (Lipinski definition) is 1. The molecule has 2 N–H and O–H groups in total. The highest BCUT2D eigenvalue weighted by Crippen LogP contribution is 2.37. The van der Waals surface area contributed by atoms with Gasteiger partial charge < -0.3 is 5.73 Å². The molecule has 0 radical (unpaired) electrons. The third-order valence-corrected chi connectivity index (χ3v) is 2.97. The highest BCUT2D eigenvalue weighted by Gasteiger charge is 2.26. The quantitative estimate of drug-likeness (QED) is 0.708. The zero-order valence-corrected chi connectivity index (χ0v) is 9.07. The van der Waals surface area contributed by atoms with Crippen molar-refractivity contribution < 1.29 is 0 Å². The van der Waals surface area contributed by atoms with Crippen molar-refractivity contribution in [1.82, 2.24) is 4.98 Å². The Labute approximate surface area is 93.6 Å². The van der Waals surface area contributed by atoms with Crippen LogP contribution in [0.2, 0.25) is 0 Å². The zero-order chi connectivity index (χ0) is 11.9. The number of hydrogen-bond acceptors (Lipinski definition) is 4. The number of aromatic nitrogens is 1. The summed E-state index contributed by atoms with van der Waals surface area (Å²) in [5.41, 5.74) is 9.26. The molecule has 78 valence electrons. The molecule has 0 aliphatic heterocycles. The minimum absolute atomic E-state index is 0.0336. The molecule has 2 rings (SSSR count). The number of pyridine rings is 1. The normalized spacial score (nSPS) is 17.2. The van der Waals surface area contributed by atoms with Crippen LogP contribution in [0.3, 0.4) is 0 Å². The molecule has 0 spiro atoms. The number of fused-ring (bicyclic) bond motifs is 1. The first kappa shape index (κ1) is 10.2. The Morgan fingerprint density at radius 2 is 2.06 bits per heavy atom. The van der Waals surface area contributed by atoms with Gasteiger partial charge in [-0.1, -0.05) is 6.92 Å². The molecule has 0 amide bonds. The summed E-state index contributed by atoms with van der Waals surface area (Å²) in [5, 5.41) is 17.9. The number of nitrogen functional groups attached to an aromatic ring is 1. The van der Waals surface area contributed by atoms with E-state index in [4.69, 9.17) is 16.3 Å². The summed E-state index contributed by atoms with van der Waals surface area (Å²) in [5.74, 6) is 0.215. The van der Waals surface area contributed by atoms with Crippen molar-refractivity contribution in [2.75, 3.05) is 5.73 Å². The minimum atomic E-state index is -0.0336. The molecule has 4 nitrogen and oxygen atoms in total. The standard InChI is InChI=1S/C12H10N4/c1-6-8(4-13)3-9-7(2)10(5-14)12(15)16-11(6)9/h3,6H,1-2H3,(H2,15,16). The number of nitriles is 2. The van der Waals surface area contributed by atoms with Crippen LogP contribution in [0.25, 0.3) is 6.08 Å². The van der Waals surface area contributed by atoms with Gasteiger partial charge in [-0.05, 0) is 18.6 Å². The molecule has 0 saturated heterocycles. The van der Waals surface area contributed by atoms with Gasteiger partial charge in [-0.2, -0.15) is 10.5 Å². The van der Waals surface area contributed by atoms with Crippen LogP contribution >= 0.6 is 0 Å². The Balaban J connectivity index is 2.75. The van der Waals surface area contributed by atoms with Crippen LogP contribution in [0, 0.1) is 29.6 Å². The van der Waals surface area contributed by atoms with Crippen molar-refractivity contribution in [3.05, 3.63) is 28.0 Å². The van der Waals surface area contributed by atoms with Crippen LogP contribution in [-0.2, 0) is 0 Å². The maximum atomic E-state index is 8.96. The van der Waals surface area contributed by atoms with Crippen molar-refractivity contribution in [3.63, 3.8) is 0 Å². The van der Waals surface area contributed by atoms with E-state index in [0.717, 1.165) is 16.8 Å². The van der Waals surface area contributed by atoms with Crippen molar-refractivity contribution in [1.29, 1.82) is 10.5 Å². The number of rotatable bonds is 0. The van der Waals surface area contributed by atoms with Crippen molar-refractivity contribution in [2.45, 2.75) is 19.8 Å². The lowest BCUT2D eigenvalue weighted by Gasteiger charge is -2.10. The van der Waals surface area contributed by atoms with Gasteiger partial charge in [-0.15, -0.1) is 0 Å². The monoisotopic (exact) mass is 210 g/mol. The summed E-state index contributed by atoms with van der Waals surface area (Å²) in [6.45, 7) is 3.75. The number of allylic oxidation sites excluding steroid dienone is 1. The lowest BCUT2D eigenvalue weighted by atomic mass is 10.0. The molecule has 0 fully saturated rings. The fraction of sp³-hybridized carbons (Fsp3) is 0.250. The van der Waals surface area contributed by atoms with Crippen LogP contribution in [0.5, 0.6) is 0 Å². The highest BCUT2D eigenvalue weighted by molar-refractivity contribution is 5.74. The van der Waals surface area contributed by atoms with Gasteiger partial charge in [0.15, 0.2) is 0 Å². The van der Waals surface area contributed by atoms with Crippen LogP contribution in [0.1, 0.15) is 35.2 Å². The van der Waals surface area contributed by atoms with E-state index in [1.807, 2.05) is 19.9 Å². The Bertz CT molecular complexity index is 585. The van der Waals surface area contributed by atoms with E-state index < -0.39 is 0 Å². The van der Waals surface area contributed by atoms with Gasteiger partial charge in [-0.3, -0.25) is 0 Å². The van der Waals surface area contributed by atoms with Crippen LogP contribution < -0.4 is 5.73 Å². The summed E-state index contributed by atoms with van der Waals surface area (Å²) in [6, 6.07) is 4.18. The molecule has 1 aromatic rings. The third-order valence-electron chi connectivity index (χ3n) is 2.97. The summed E-state index contributed by atoms with van der Waals surface area (Å²) in [6.07, 6.45) is 1.79. The second kappa shape index (κ2) is 3.36. The lowest BCUT2D eigenvalue weighted by Crippen LogP contribution is -2.05. The van der Waals surface area contributed by atoms with Crippen molar-refractivity contribution >= 4 is 11.9 Å². The van der Waals surface area contributed by atoms with Gasteiger partial charge in [0.25, 0.3) is 0 Å². The molecule has 0 aromatic carbocycles. The van der Waals surface area contributed by atoms with Crippen LogP contribution in [-0.4, -0.2) is 4.98 Å². The first-order valence-electron chi connectivity index (χ1n) is 4.92. The summed E-state index contributed by atoms with van der Waals surface area (Å²) >= 11 is 0. The molecule has 1 aromatic heterocycles. The zero-order valence-electron chi connectivity index (χ0n) is 9.07. The number of nitrogens with zero attached hydrogens (tertiary/aromatic N) is 3. The first-order valence-corrected chi connectivity index (χ1v) is 4.92. The van der Waals surface area contributed by atoms with E-state index in [-0.39, 0.29) is 11.7 Å². The molecule has 0 saturated carbocycles. The summed E-state index contributed by atoms with van der Waals surface area (Å²) in [4.78, 5) is 4.22. The van der Waals surface area contributed by atoms with Crippen LogP contribution in [0.4, 0.5) is 5.82 Å². The molecular formula is C12H10N4. The van der Waals surface area contributed by atoms with E-state index in [2.05, 4.69) is 11.1 Å². The molecule has 1 aliphatic rings. The Kier molecular flexibility index (Phi) is 2.14. The maximum Gasteiger partial charge on any atom is 0.141 e. The Hall–Kier alpha value is -2.33. The maximum absolute atomic E-state index is 8.96. The van der Waals surface area contributed by atoms with Gasteiger partial charge in [0.2, 0.25) is 0 Å². The van der Waals surface area contributed by atoms with Gasteiger partial charge in [-0.25, -0.2) is 4.98 Å². The molecular weight excluding hydrogens is 200 g/mol. The van der Waals surface area contributed by atoms with Crippen molar-refractivity contribution in [3.8, 4) is 12.1 Å². The molecule has 0 bridgehead atoms. The minimum Gasteiger partial charge on any atom is -0.383 e. The van der Waals surface area contributed by atoms with Gasteiger partial charge in [0.1, 0.15) is 11.9 Å². The Morgan fingerprint density at radius 3 is 2.62 bits per heavy atom. The van der Waals surface area contributed by atoms with E-state index >= 15 is 0 Å². The Morgan fingerprint density at radius 1 is 1.38 bits per heavy atom. The second-order valence-electron chi connectivity index (χ2n) is 3.84. The fourth-order valence-corrected chi connectivity index (χ4v) is 1.98. The van der Waals surface area contributed by atoms with E-state index in [0.29, 0.717) is 11.1 Å². The van der Waals surface area contributed by atoms with Gasteiger partial charge in [0.05, 0.1) is 17.3 Å². The lowest BCUT2D eigenvalue weighted by molar-refractivity contribution is 0.896. The molecule has 1 unspecified atom stereocenters. The molecule has 1 heterocycles. The van der Waals surface area contributed by atoms with Gasteiger partial charge >= 0.3 is 0 Å². The largest absolute Gasteiger partial charge is 0.383 e. The fourth-order valence-electron chi connectivity index (χ4n) is 1.98. The highest BCUT2D eigenvalue weighted by atomic mass is 14.9. The molecule has 4 heteroatoms. The van der Waals surface area contributed by atoms with Gasteiger partial charge in [0, 0.05) is 17.1 Å². The molecule has 1 aliphatic carbocycles. The number of nitrogens with two attached hydrogens (primary N) is 1. The third kappa shape index (κ3) is 1.17. The van der Waals surface area contributed by atoms with Crippen LogP contribution in [0.15, 0.2) is 5.57 Å².